The molecule has 1 N–H and O–H groups in total. The van der Waals surface area contributed by atoms with Gasteiger partial charge < -0.3 is 19.5 Å². The van der Waals surface area contributed by atoms with Crippen LogP contribution in [0.15, 0.2) is 42.5 Å². The predicted molar refractivity (Wildman–Crippen MR) is 158 cm³/mol. The minimum atomic E-state index is -0.697. The van der Waals surface area contributed by atoms with E-state index < -0.39 is 17.6 Å². The third-order valence-electron chi connectivity index (χ3n) is 6.25. The number of amides is 1. The maximum absolute atomic E-state index is 13.7. The van der Waals surface area contributed by atoms with Gasteiger partial charge in [0.15, 0.2) is 0 Å². The van der Waals surface area contributed by atoms with Gasteiger partial charge in [-0.3, -0.25) is 9.59 Å². The second-order valence-corrected chi connectivity index (χ2v) is 11.8. The Morgan fingerprint density at radius 1 is 1.00 bits per heavy atom. The van der Waals surface area contributed by atoms with E-state index in [9.17, 15) is 14.4 Å². The van der Waals surface area contributed by atoms with Crippen LogP contribution in [0.3, 0.4) is 0 Å². The van der Waals surface area contributed by atoms with Crippen molar-refractivity contribution in [2.24, 2.45) is 5.92 Å². The number of carbonyl (C=O) groups is 3. The van der Waals surface area contributed by atoms with Gasteiger partial charge in [-0.05, 0) is 49.9 Å². The van der Waals surface area contributed by atoms with Gasteiger partial charge in [0.2, 0.25) is 5.91 Å². The first-order valence-electron chi connectivity index (χ1n) is 13.8. The molecule has 0 aliphatic rings. The van der Waals surface area contributed by atoms with Crippen molar-refractivity contribution < 1.29 is 28.6 Å². The minimum Gasteiger partial charge on any atom is -0.463 e. The fourth-order valence-electron chi connectivity index (χ4n) is 4.10. The predicted octanol–water partition coefficient (Wildman–Crippen LogP) is 5.72. The molecule has 0 bridgehead atoms. The zero-order valence-corrected chi connectivity index (χ0v) is 25.1. The molecule has 7 nitrogen and oxygen atoms in total. The maximum atomic E-state index is 13.7. The molecule has 8 heteroatoms. The SMILES string of the molecule is CCCC[C@H](NC(=O)[C@@H](CSCC(COC(=O)CC)OC)Cc1cccc2ccccc12)C(=O)OC(C)(C)C. The molecule has 3 atom stereocenters. The lowest BCUT2D eigenvalue weighted by Gasteiger charge is -2.26. The number of hydrogen-bond donors (Lipinski definition) is 1. The van der Waals surface area contributed by atoms with Crippen molar-refractivity contribution in [2.75, 3.05) is 25.2 Å². The quantitative estimate of drug-likeness (QED) is 0.263. The van der Waals surface area contributed by atoms with E-state index in [0.29, 0.717) is 30.8 Å². The molecule has 0 aromatic heterocycles. The van der Waals surface area contributed by atoms with Crippen LogP contribution >= 0.6 is 11.8 Å². The number of carbonyl (C=O) groups excluding carboxylic acids is 3. The first-order valence-corrected chi connectivity index (χ1v) is 15.0. The lowest BCUT2D eigenvalue weighted by Crippen LogP contribution is -2.47. The molecule has 216 valence electrons. The Hall–Kier alpha value is -2.58. The third kappa shape index (κ3) is 11.6. The van der Waals surface area contributed by atoms with Crippen LogP contribution in [0.5, 0.6) is 0 Å². The van der Waals surface area contributed by atoms with Gasteiger partial charge in [-0.1, -0.05) is 69.2 Å². The summed E-state index contributed by atoms with van der Waals surface area (Å²) in [6.07, 6.45) is 2.81. The van der Waals surface area contributed by atoms with Crippen molar-refractivity contribution >= 4 is 40.4 Å². The Kier molecular flexibility index (Phi) is 13.8. The molecule has 0 radical (unpaired) electrons. The summed E-state index contributed by atoms with van der Waals surface area (Å²) in [6, 6.07) is 13.6. The van der Waals surface area contributed by atoms with Crippen LogP contribution in [0.2, 0.25) is 0 Å². The molecule has 0 saturated carbocycles. The minimum absolute atomic E-state index is 0.172. The number of esters is 2. The molecular weight excluding hydrogens is 514 g/mol. The topological polar surface area (TPSA) is 90.9 Å². The van der Waals surface area contributed by atoms with Crippen LogP contribution in [-0.2, 0) is 35.0 Å². The van der Waals surface area contributed by atoms with Crippen LogP contribution in [0.4, 0.5) is 0 Å². The second kappa shape index (κ2) is 16.5. The van der Waals surface area contributed by atoms with Crippen molar-refractivity contribution in [3.63, 3.8) is 0 Å². The van der Waals surface area contributed by atoms with Gasteiger partial charge in [0.25, 0.3) is 0 Å². The van der Waals surface area contributed by atoms with E-state index in [-0.39, 0.29) is 30.5 Å². The van der Waals surface area contributed by atoms with E-state index in [1.807, 2.05) is 39.0 Å². The molecule has 1 unspecified atom stereocenters. The highest BCUT2D eigenvalue weighted by atomic mass is 32.2. The van der Waals surface area contributed by atoms with E-state index >= 15 is 0 Å². The number of nitrogens with one attached hydrogen (secondary N) is 1. The molecule has 1 amide bonds. The van der Waals surface area contributed by atoms with E-state index in [1.165, 1.54) is 0 Å². The third-order valence-corrected chi connectivity index (χ3v) is 7.49. The average molecular weight is 560 g/mol. The van der Waals surface area contributed by atoms with Gasteiger partial charge in [0.05, 0.1) is 5.92 Å². The van der Waals surface area contributed by atoms with Gasteiger partial charge in [0, 0.05) is 25.0 Å². The monoisotopic (exact) mass is 559 g/mol. The van der Waals surface area contributed by atoms with Crippen LogP contribution in [-0.4, -0.2) is 60.8 Å². The summed E-state index contributed by atoms with van der Waals surface area (Å²) < 4.78 is 16.4. The van der Waals surface area contributed by atoms with Crippen molar-refractivity contribution in [3.05, 3.63) is 48.0 Å². The van der Waals surface area contributed by atoms with Gasteiger partial charge in [-0.25, -0.2) is 4.79 Å². The molecule has 39 heavy (non-hydrogen) atoms. The average Bonchev–Trinajstić information content (AvgIpc) is 2.90. The molecule has 0 heterocycles. The Morgan fingerprint density at radius 2 is 1.72 bits per heavy atom. The van der Waals surface area contributed by atoms with Crippen LogP contribution in [0.1, 0.15) is 65.9 Å². The summed E-state index contributed by atoms with van der Waals surface area (Å²) in [5.74, 6) is -0.144. The number of thioether (sulfide) groups is 1. The van der Waals surface area contributed by atoms with Crippen LogP contribution < -0.4 is 5.32 Å². The van der Waals surface area contributed by atoms with Gasteiger partial charge in [0.1, 0.15) is 24.4 Å². The number of methoxy groups -OCH3 is 1. The lowest BCUT2D eigenvalue weighted by molar-refractivity contribution is -0.159. The summed E-state index contributed by atoms with van der Waals surface area (Å²) >= 11 is 1.58. The largest absolute Gasteiger partial charge is 0.463 e. The summed E-state index contributed by atoms with van der Waals surface area (Å²) in [5, 5.41) is 5.24. The molecule has 2 rings (SSSR count). The molecule has 0 saturated heterocycles. The number of ether oxygens (including phenoxy) is 3. The van der Waals surface area contributed by atoms with Crippen LogP contribution in [0.25, 0.3) is 10.8 Å². The smallest absolute Gasteiger partial charge is 0.329 e. The second-order valence-electron chi connectivity index (χ2n) is 10.7. The standard InChI is InChI=1S/C31H45NO6S/c1-7-9-17-27(30(35)38-31(3,4)5)32-29(34)24(20-39-21-25(36-6)19-37-28(33)8-2)18-23-15-12-14-22-13-10-11-16-26(22)23/h10-16,24-25,27H,7-9,17-21H2,1-6H3,(H,32,34)/t24-,25?,27+/m1/s1. The van der Waals surface area contributed by atoms with Crippen molar-refractivity contribution in [3.8, 4) is 0 Å². The summed E-state index contributed by atoms with van der Waals surface area (Å²) in [5.41, 5.74) is 0.442. The van der Waals surface area contributed by atoms with E-state index in [1.54, 1.807) is 25.8 Å². The molecule has 2 aromatic rings. The fraction of sp³-hybridized carbons (Fsp3) is 0.581. The van der Waals surface area contributed by atoms with Crippen molar-refractivity contribution in [1.29, 1.82) is 0 Å². The first kappa shape index (κ1) is 32.6. The molecule has 0 aliphatic heterocycles. The highest BCUT2D eigenvalue weighted by Crippen LogP contribution is 2.24. The number of hydrogen-bond acceptors (Lipinski definition) is 7. The van der Waals surface area contributed by atoms with E-state index in [4.69, 9.17) is 14.2 Å². The number of fused-ring (bicyclic) bond motifs is 1. The molecule has 0 spiro atoms. The zero-order chi connectivity index (χ0) is 28.8. The molecule has 2 aromatic carbocycles. The Balaban J connectivity index is 2.21. The van der Waals surface area contributed by atoms with Crippen molar-refractivity contribution in [1.82, 2.24) is 5.32 Å². The molecular formula is C31H45NO6S. The Bertz CT molecular complexity index is 1060. The summed E-state index contributed by atoms with van der Waals surface area (Å²) in [6.45, 7) is 9.46. The van der Waals surface area contributed by atoms with E-state index in [2.05, 4.69) is 36.5 Å². The fourth-order valence-corrected chi connectivity index (χ4v) is 5.28. The van der Waals surface area contributed by atoms with Gasteiger partial charge >= 0.3 is 11.9 Å². The highest BCUT2D eigenvalue weighted by Gasteiger charge is 2.29. The van der Waals surface area contributed by atoms with Gasteiger partial charge in [-0.2, -0.15) is 11.8 Å². The number of benzene rings is 2. The highest BCUT2D eigenvalue weighted by molar-refractivity contribution is 7.99. The first-order chi connectivity index (χ1) is 18.6. The number of rotatable bonds is 16. The number of unbranched alkanes of at least 4 members (excludes halogenated alkanes) is 1. The van der Waals surface area contributed by atoms with E-state index in [0.717, 1.165) is 29.2 Å². The zero-order valence-electron chi connectivity index (χ0n) is 24.3. The molecule has 0 fully saturated rings. The summed E-state index contributed by atoms with van der Waals surface area (Å²) in [7, 11) is 1.59. The lowest BCUT2D eigenvalue weighted by atomic mass is 9.95. The normalized spacial score (nSPS) is 13.9. The van der Waals surface area contributed by atoms with Crippen LogP contribution in [0, 0.1) is 5.92 Å². The molecule has 0 aliphatic carbocycles. The Labute approximate surface area is 237 Å². The summed E-state index contributed by atoms with van der Waals surface area (Å²) in [4.78, 5) is 38.2. The van der Waals surface area contributed by atoms with Gasteiger partial charge in [-0.15, -0.1) is 0 Å². The van der Waals surface area contributed by atoms with Crippen molar-refractivity contribution in [2.45, 2.75) is 84.5 Å². The maximum Gasteiger partial charge on any atom is 0.329 e. The Morgan fingerprint density at radius 3 is 2.38 bits per heavy atom.